The van der Waals surface area contributed by atoms with Crippen LogP contribution in [0.25, 0.3) is 0 Å². The molecule has 8 nitrogen and oxygen atoms in total. The van der Waals surface area contributed by atoms with E-state index >= 15 is 0 Å². The van der Waals surface area contributed by atoms with Gasteiger partial charge in [0.05, 0.1) is 12.7 Å². The van der Waals surface area contributed by atoms with Crippen molar-refractivity contribution in [3.05, 3.63) is 32.6 Å². The van der Waals surface area contributed by atoms with Crippen molar-refractivity contribution in [1.82, 2.24) is 9.55 Å². The molecule has 1 unspecified atom stereocenters. The summed E-state index contributed by atoms with van der Waals surface area (Å²) in [7, 11) is 0. The number of aromatic nitrogens is 2. The summed E-state index contributed by atoms with van der Waals surface area (Å²) in [5.74, 6) is 0. The van der Waals surface area contributed by atoms with E-state index < -0.39 is 42.4 Å². The fraction of sp³-hybridized carbons (Fsp3) is 0.636. The molecule has 1 aromatic heterocycles. The van der Waals surface area contributed by atoms with Gasteiger partial charge in [0.1, 0.15) is 18.4 Å². The molecule has 2 heterocycles. The number of hydrogen-bond acceptors (Lipinski definition) is 6. The molecule has 4 N–H and O–H groups in total. The molecule has 8 heteroatoms. The zero-order valence-electron chi connectivity index (χ0n) is 10.3. The Hall–Kier alpha value is -1.48. The van der Waals surface area contributed by atoms with Gasteiger partial charge >= 0.3 is 5.69 Å². The lowest BCUT2D eigenvalue weighted by molar-refractivity contribution is -0.202. The first kappa shape index (κ1) is 13.9. The molecule has 0 bridgehead atoms. The summed E-state index contributed by atoms with van der Waals surface area (Å²) in [5, 5.41) is 28.4. The van der Waals surface area contributed by atoms with E-state index in [0.717, 1.165) is 4.57 Å². The number of aliphatic hydroxyl groups is 3. The number of aromatic amines is 1. The largest absolute Gasteiger partial charge is 0.394 e. The van der Waals surface area contributed by atoms with Crippen LogP contribution in [0.5, 0.6) is 0 Å². The summed E-state index contributed by atoms with van der Waals surface area (Å²) in [4.78, 5) is 25.1. The van der Waals surface area contributed by atoms with Crippen molar-refractivity contribution in [3.63, 3.8) is 0 Å². The highest BCUT2D eigenvalue weighted by Crippen LogP contribution is 2.26. The minimum atomic E-state index is -1.21. The summed E-state index contributed by atoms with van der Waals surface area (Å²) < 4.78 is 6.49. The molecule has 19 heavy (non-hydrogen) atoms. The third kappa shape index (κ3) is 2.61. The average molecular weight is 272 g/mol. The number of aliphatic hydroxyl groups excluding tert-OH is 3. The summed E-state index contributed by atoms with van der Waals surface area (Å²) >= 11 is 0. The van der Waals surface area contributed by atoms with Crippen LogP contribution in [0, 0.1) is 6.92 Å². The molecule has 1 saturated heterocycles. The maximum absolute atomic E-state index is 11.7. The van der Waals surface area contributed by atoms with Gasteiger partial charge in [0.25, 0.3) is 5.56 Å². The van der Waals surface area contributed by atoms with Crippen molar-refractivity contribution in [1.29, 1.82) is 0 Å². The van der Waals surface area contributed by atoms with Crippen LogP contribution in [0.4, 0.5) is 0 Å². The SMILES string of the molecule is Cc1cn(C2C[C@H](O)[C@H](O)[C@@H](CO)O2)c(=O)[nH]c1=O. The first-order valence-corrected chi connectivity index (χ1v) is 5.88. The normalized spacial score (nSPS) is 31.4. The molecular weight excluding hydrogens is 256 g/mol. The lowest BCUT2D eigenvalue weighted by Gasteiger charge is -2.36. The number of hydrogen-bond donors (Lipinski definition) is 4. The van der Waals surface area contributed by atoms with Crippen LogP contribution in [0.3, 0.4) is 0 Å². The number of H-pyrrole nitrogens is 1. The van der Waals surface area contributed by atoms with E-state index in [4.69, 9.17) is 9.84 Å². The zero-order valence-corrected chi connectivity index (χ0v) is 10.3. The van der Waals surface area contributed by atoms with Gasteiger partial charge < -0.3 is 20.1 Å². The Morgan fingerprint density at radius 3 is 2.79 bits per heavy atom. The molecule has 0 saturated carbocycles. The molecule has 0 radical (unpaired) electrons. The van der Waals surface area contributed by atoms with Gasteiger partial charge in [-0.15, -0.1) is 0 Å². The second-order valence-electron chi connectivity index (χ2n) is 4.58. The Morgan fingerprint density at radius 1 is 1.47 bits per heavy atom. The monoisotopic (exact) mass is 272 g/mol. The molecule has 1 aliphatic heterocycles. The maximum atomic E-state index is 11.7. The number of nitrogens with zero attached hydrogens (tertiary/aromatic N) is 1. The molecule has 0 aliphatic carbocycles. The Labute approximate surface area is 107 Å². The van der Waals surface area contributed by atoms with E-state index in [-0.39, 0.29) is 6.42 Å². The van der Waals surface area contributed by atoms with Crippen LogP contribution in [0.1, 0.15) is 18.2 Å². The second kappa shape index (κ2) is 5.25. The number of ether oxygens (including phenoxy) is 1. The van der Waals surface area contributed by atoms with Crippen molar-refractivity contribution < 1.29 is 20.1 Å². The summed E-state index contributed by atoms with van der Waals surface area (Å²) in [6.07, 6.45) is -2.84. The highest BCUT2D eigenvalue weighted by atomic mass is 16.5. The molecule has 0 aromatic carbocycles. The van der Waals surface area contributed by atoms with Crippen molar-refractivity contribution in [2.75, 3.05) is 6.61 Å². The van der Waals surface area contributed by atoms with Crippen LogP contribution in [-0.4, -0.2) is 49.8 Å². The lowest BCUT2D eigenvalue weighted by atomic mass is 10.0. The van der Waals surface area contributed by atoms with Gasteiger partial charge in [-0.1, -0.05) is 0 Å². The Bertz CT molecular complexity index is 565. The zero-order chi connectivity index (χ0) is 14.2. The molecule has 0 spiro atoms. The first-order chi connectivity index (χ1) is 8.93. The Kier molecular flexibility index (Phi) is 3.85. The lowest BCUT2D eigenvalue weighted by Crippen LogP contribution is -2.50. The Morgan fingerprint density at radius 2 is 2.16 bits per heavy atom. The van der Waals surface area contributed by atoms with E-state index in [9.17, 15) is 19.8 Å². The summed E-state index contributed by atoms with van der Waals surface area (Å²) in [6.45, 7) is 1.05. The molecule has 4 atom stereocenters. The predicted molar refractivity (Wildman–Crippen MR) is 63.7 cm³/mol. The van der Waals surface area contributed by atoms with Gasteiger partial charge in [-0.25, -0.2) is 4.79 Å². The first-order valence-electron chi connectivity index (χ1n) is 5.88. The van der Waals surface area contributed by atoms with E-state index in [1.165, 1.54) is 13.1 Å². The minimum absolute atomic E-state index is 0.0109. The molecule has 1 aliphatic rings. The molecule has 106 valence electrons. The number of rotatable bonds is 2. The van der Waals surface area contributed by atoms with Crippen molar-refractivity contribution in [3.8, 4) is 0 Å². The van der Waals surface area contributed by atoms with Gasteiger partial charge in [0, 0.05) is 18.2 Å². The average Bonchev–Trinajstić information content (AvgIpc) is 2.37. The quantitative estimate of drug-likeness (QED) is 0.486. The highest BCUT2D eigenvalue weighted by molar-refractivity contribution is 5.02. The van der Waals surface area contributed by atoms with E-state index in [2.05, 4.69) is 4.98 Å². The van der Waals surface area contributed by atoms with E-state index in [1.54, 1.807) is 0 Å². The van der Waals surface area contributed by atoms with Crippen molar-refractivity contribution in [2.45, 2.75) is 37.9 Å². The minimum Gasteiger partial charge on any atom is -0.394 e. The van der Waals surface area contributed by atoms with Gasteiger partial charge in [-0.3, -0.25) is 14.3 Å². The predicted octanol–water partition coefficient (Wildman–Crippen LogP) is -2.15. The second-order valence-corrected chi connectivity index (χ2v) is 4.58. The summed E-state index contributed by atoms with van der Waals surface area (Å²) in [5.41, 5.74) is -0.832. The summed E-state index contributed by atoms with van der Waals surface area (Å²) in [6, 6.07) is 0. The van der Waals surface area contributed by atoms with Crippen molar-refractivity contribution in [2.24, 2.45) is 0 Å². The van der Waals surface area contributed by atoms with E-state index in [0.29, 0.717) is 5.56 Å². The number of nitrogens with one attached hydrogen (secondary N) is 1. The smallest absolute Gasteiger partial charge is 0.330 e. The van der Waals surface area contributed by atoms with Gasteiger partial charge in [-0.05, 0) is 6.92 Å². The standard InChI is InChI=1S/C11H16N2O6/c1-5-3-13(11(18)12-10(5)17)8-2-6(15)9(16)7(4-14)19-8/h3,6-9,14-16H,2,4H2,1H3,(H,12,17,18)/t6-,7+,8?,9-/m0/s1. The van der Waals surface area contributed by atoms with Crippen molar-refractivity contribution >= 4 is 0 Å². The molecular formula is C11H16N2O6. The van der Waals surface area contributed by atoms with Gasteiger partial charge in [-0.2, -0.15) is 0 Å². The molecule has 0 amide bonds. The molecule has 2 rings (SSSR count). The van der Waals surface area contributed by atoms with Gasteiger partial charge in [0.15, 0.2) is 0 Å². The van der Waals surface area contributed by atoms with Crippen LogP contribution < -0.4 is 11.2 Å². The fourth-order valence-corrected chi connectivity index (χ4v) is 2.06. The third-order valence-electron chi connectivity index (χ3n) is 3.19. The topological polar surface area (TPSA) is 125 Å². The Balaban J connectivity index is 2.35. The van der Waals surface area contributed by atoms with Crippen LogP contribution >= 0.6 is 0 Å². The fourth-order valence-electron chi connectivity index (χ4n) is 2.06. The van der Waals surface area contributed by atoms with Crippen LogP contribution in [0.2, 0.25) is 0 Å². The van der Waals surface area contributed by atoms with Crippen LogP contribution in [-0.2, 0) is 4.74 Å². The highest BCUT2D eigenvalue weighted by Gasteiger charge is 2.37. The van der Waals surface area contributed by atoms with E-state index in [1.807, 2.05) is 0 Å². The molecule has 1 fully saturated rings. The maximum Gasteiger partial charge on any atom is 0.330 e. The van der Waals surface area contributed by atoms with Gasteiger partial charge in [0.2, 0.25) is 0 Å². The molecule has 1 aromatic rings. The van der Waals surface area contributed by atoms with Crippen LogP contribution in [0.15, 0.2) is 15.8 Å². The number of aryl methyl sites for hydroxylation is 1. The third-order valence-corrected chi connectivity index (χ3v) is 3.19.